The Labute approximate surface area is 127 Å². The second kappa shape index (κ2) is 5.69. The number of carbonyl (C=O) groups is 1. The van der Waals surface area contributed by atoms with Crippen molar-refractivity contribution in [2.75, 3.05) is 11.9 Å². The minimum absolute atomic E-state index is 0.0185. The number of nitrogens with zero attached hydrogens (tertiary/aromatic N) is 2. The van der Waals surface area contributed by atoms with Crippen LogP contribution < -0.4 is 10.6 Å². The van der Waals surface area contributed by atoms with Crippen LogP contribution in [0.25, 0.3) is 0 Å². The number of halogens is 1. The molecule has 1 fully saturated rings. The summed E-state index contributed by atoms with van der Waals surface area (Å²) >= 11 is 6.03. The number of benzene rings is 1. The summed E-state index contributed by atoms with van der Waals surface area (Å²) in [7, 11) is 0. The molecule has 1 aromatic carbocycles. The first-order valence-corrected chi connectivity index (χ1v) is 7.13. The second-order valence-electron chi connectivity index (χ2n) is 5.19. The first kappa shape index (κ1) is 13.8. The van der Waals surface area contributed by atoms with Crippen molar-refractivity contribution >= 4 is 23.4 Å². The van der Waals surface area contributed by atoms with E-state index in [9.17, 15) is 4.79 Å². The van der Waals surface area contributed by atoms with Gasteiger partial charge in [-0.25, -0.2) is 9.78 Å². The molecule has 0 bridgehead atoms. The monoisotopic (exact) mass is 302 g/mol. The number of nitrogens with one attached hydrogen (secondary N) is 2. The molecule has 1 saturated carbocycles. The van der Waals surface area contributed by atoms with Crippen LogP contribution in [0.3, 0.4) is 0 Å². The van der Waals surface area contributed by atoms with Crippen molar-refractivity contribution in [3.63, 3.8) is 0 Å². The molecule has 2 amide bonds. The van der Waals surface area contributed by atoms with Gasteiger partial charge >= 0.3 is 6.03 Å². The van der Waals surface area contributed by atoms with Crippen LogP contribution in [0.2, 0.25) is 5.02 Å². The summed E-state index contributed by atoms with van der Waals surface area (Å²) in [6.45, 7) is 0.583. The molecule has 5 nitrogen and oxygen atoms in total. The van der Waals surface area contributed by atoms with Crippen LogP contribution >= 0.6 is 11.6 Å². The summed E-state index contributed by atoms with van der Waals surface area (Å²) in [5, 5.41) is 6.27. The highest BCUT2D eigenvalue weighted by molar-refractivity contribution is 6.30. The molecule has 2 aromatic rings. The molecule has 1 aliphatic carbocycles. The molecule has 1 aromatic heterocycles. The molecular weight excluding hydrogens is 288 g/mol. The number of aromatic nitrogens is 2. The van der Waals surface area contributed by atoms with E-state index in [0.717, 1.165) is 17.9 Å². The Balaban J connectivity index is 1.59. The van der Waals surface area contributed by atoms with E-state index in [2.05, 4.69) is 26.7 Å². The maximum atomic E-state index is 11.9. The first-order valence-electron chi connectivity index (χ1n) is 6.75. The van der Waals surface area contributed by atoms with E-state index in [-0.39, 0.29) is 11.4 Å². The van der Waals surface area contributed by atoms with Gasteiger partial charge < -0.3 is 5.32 Å². The lowest BCUT2D eigenvalue weighted by atomic mass is 9.96. The smallest absolute Gasteiger partial charge is 0.320 e. The third kappa shape index (κ3) is 3.31. The molecule has 108 valence electrons. The number of rotatable bonds is 4. The third-order valence-electron chi connectivity index (χ3n) is 3.68. The van der Waals surface area contributed by atoms with Crippen LogP contribution in [0, 0.1) is 0 Å². The van der Waals surface area contributed by atoms with Crippen molar-refractivity contribution in [3.05, 3.63) is 53.4 Å². The normalized spacial score (nSPS) is 15.3. The molecule has 2 N–H and O–H groups in total. The third-order valence-corrected chi connectivity index (χ3v) is 3.92. The number of hydrogen-bond acceptors (Lipinski definition) is 3. The summed E-state index contributed by atoms with van der Waals surface area (Å²) in [5.41, 5.74) is 1.19. The molecule has 1 aliphatic rings. The van der Waals surface area contributed by atoms with E-state index in [1.165, 1.54) is 18.0 Å². The molecule has 0 radical (unpaired) electrons. The van der Waals surface area contributed by atoms with Crippen molar-refractivity contribution in [2.45, 2.75) is 18.3 Å². The lowest BCUT2D eigenvalue weighted by molar-refractivity contribution is 0.251. The van der Waals surface area contributed by atoms with Gasteiger partial charge in [0.05, 0.1) is 6.20 Å². The molecule has 0 unspecified atom stereocenters. The minimum atomic E-state index is -0.274. The quantitative estimate of drug-likeness (QED) is 0.912. The highest BCUT2D eigenvalue weighted by Crippen LogP contribution is 2.48. The second-order valence-corrected chi connectivity index (χ2v) is 5.63. The van der Waals surface area contributed by atoms with Gasteiger partial charge in [-0.3, -0.25) is 10.3 Å². The van der Waals surface area contributed by atoms with Crippen LogP contribution in [-0.2, 0) is 5.41 Å². The van der Waals surface area contributed by atoms with Gasteiger partial charge in [0.15, 0.2) is 5.82 Å². The highest BCUT2D eigenvalue weighted by atomic mass is 35.5. The Kier molecular flexibility index (Phi) is 3.75. The fourth-order valence-corrected chi connectivity index (χ4v) is 2.50. The van der Waals surface area contributed by atoms with Crippen LogP contribution in [0.5, 0.6) is 0 Å². The Hall–Kier alpha value is -2.14. The molecule has 3 rings (SSSR count). The maximum absolute atomic E-state index is 11.9. The topological polar surface area (TPSA) is 66.9 Å². The van der Waals surface area contributed by atoms with Gasteiger partial charge in [0.1, 0.15) is 0 Å². The summed E-state index contributed by atoms with van der Waals surface area (Å²) in [6.07, 6.45) is 6.70. The molecule has 0 spiro atoms. The van der Waals surface area contributed by atoms with Crippen molar-refractivity contribution in [3.8, 4) is 0 Å². The summed E-state index contributed by atoms with van der Waals surface area (Å²) in [5.74, 6) is 0.433. The van der Waals surface area contributed by atoms with Gasteiger partial charge in [-0.2, -0.15) is 0 Å². The van der Waals surface area contributed by atoms with Gasteiger partial charge in [0.25, 0.3) is 0 Å². The average Bonchev–Trinajstić information content (AvgIpc) is 3.28. The fourth-order valence-electron chi connectivity index (χ4n) is 2.31. The number of amides is 2. The van der Waals surface area contributed by atoms with Crippen LogP contribution in [0.1, 0.15) is 18.4 Å². The summed E-state index contributed by atoms with van der Waals surface area (Å²) in [6, 6.07) is 7.55. The average molecular weight is 303 g/mol. The lowest BCUT2D eigenvalue weighted by Crippen LogP contribution is -2.35. The summed E-state index contributed by atoms with van der Waals surface area (Å²) < 4.78 is 0. The predicted molar refractivity (Wildman–Crippen MR) is 81.4 cm³/mol. The minimum Gasteiger partial charge on any atom is -0.337 e. The van der Waals surface area contributed by atoms with Crippen LogP contribution in [0.4, 0.5) is 10.6 Å². The zero-order valence-corrected chi connectivity index (χ0v) is 12.1. The molecule has 21 heavy (non-hydrogen) atoms. The SMILES string of the molecule is O=C(NCC1(c2cccc(Cl)c2)CC1)Nc1cnccn1. The van der Waals surface area contributed by atoms with E-state index >= 15 is 0 Å². The Morgan fingerprint density at radius 2 is 2.19 bits per heavy atom. The first-order chi connectivity index (χ1) is 10.2. The Bertz CT molecular complexity index is 643. The van der Waals surface area contributed by atoms with Gasteiger partial charge in [-0.1, -0.05) is 23.7 Å². The maximum Gasteiger partial charge on any atom is 0.320 e. The number of urea groups is 1. The molecule has 0 saturated heterocycles. The molecule has 1 heterocycles. The van der Waals surface area contributed by atoms with E-state index in [0.29, 0.717) is 12.4 Å². The van der Waals surface area contributed by atoms with Gasteiger partial charge in [-0.15, -0.1) is 0 Å². The predicted octanol–water partition coefficient (Wildman–Crippen LogP) is 2.98. The highest BCUT2D eigenvalue weighted by Gasteiger charge is 2.44. The standard InChI is InChI=1S/C15H15ClN4O/c16-12-3-1-2-11(8-12)15(4-5-15)10-19-14(21)20-13-9-17-6-7-18-13/h1-3,6-9H,4-5,10H2,(H2,18,19,20,21). The van der Waals surface area contributed by atoms with E-state index in [1.54, 1.807) is 6.20 Å². The zero-order chi connectivity index (χ0) is 14.7. The number of anilines is 1. The van der Waals surface area contributed by atoms with Crippen molar-refractivity contribution in [1.82, 2.24) is 15.3 Å². The van der Waals surface area contributed by atoms with Gasteiger partial charge in [0, 0.05) is 29.4 Å². The number of carbonyl (C=O) groups excluding carboxylic acids is 1. The largest absolute Gasteiger partial charge is 0.337 e. The van der Waals surface area contributed by atoms with Crippen molar-refractivity contribution in [2.24, 2.45) is 0 Å². The Morgan fingerprint density at radius 1 is 1.33 bits per heavy atom. The fraction of sp³-hybridized carbons (Fsp3) is 0.267. The van der Waals surface area contributed by atoms with Gasteiger partial charge in [0.2, 0.25) is 0 Å². The van der Waals surface area contributed by atoms with E-state index in [4.69, 9.17) is 11.6 Å². The van der Waals surface area contributed by atoms with Gasteiger partial charge in [-0.05, 0) is 30.5 Å². The van der Waals surface area contributed by atoms with Crippen molar-refractivity contribution in [1.29, 1.82) is 0 Å². The molecule has 6 heteroatoms. The molecule has 0 aliphatic heterocycles. The van der Waals surface area contributed by atoms with E-state index in [1.807, 2.05) is 18.2 Å². The molecule has 0 atom stereocenters. The molecular formula is C15H15ClN4O. The number of hydrogen-bond donors (Lipinski definition) is 2. The Morgan fingerprint density at radius 3 is 2.86 bits per heavy atom. The van der Waals surface area contributed by atoms with Crippen LogP contribution in [-0.4, -0.2) is 22.5 Å². The van der Waals surface area contributed by atoms with Crippen LogP contribution in [0.15, 0.2) is 42.9 Å². The zero-order valence-electron chi connectivity index (χ0n) is 11.3. The summed E-state index contributed by atoms with van der Waals surface area (Å²) in [4.78, 5) is 19.8. The lowest BCUT2D eigenvalue weighted by Gasteiger charge is -2.17. The van der Waals surface area contributed by atoms with E-state index < -0.39 is 0 Å². The van der Waals surface area contributed by atoms with Crippen molar-refractivity contribution < 1.29 is 4.79 Å².